The van der Waals surface area contributed by atoms with Crippen LogP contribution in [0.4, 0.5) is 5.69 Å². The number of anilines is 1. The van der Waals surface area contributed by atoms with E-state index < -0.39 is 0 Å². The van der Waals surface area contributed by atoms with Crippen molar-refractivity contribution in [3.8, 4) is 0 Å². The maximum atomic E-state index is 11.3. The maximum absolute atomic E-state index is 11.3. The van der Waals surface area contributed by atoms with Crippen molar-refractivity contribution in [3.63, 3.8) is 0 Å². The molecule has 4 nitrogen and oxygen atoms in total. The molecule has 1 aromatic rings. The van der Waals surface area contributed by atoms with Gasteiger partial charge in [0, 0.05) is 6.04 Å². The van der Waals surface area contributed by atoms with Crippen molar-refractivity contribution in [3.05, 3.63) is 21.6 Å². The third-order valence-corrected chi connectivity index (χ3v) is 4.06. The van der Waals surface area contributed by atoms with Gasteiger partial charge < -0.3 is 5.32 Å². The number of aromatic amines is 1. The predicted octanol–water partition coefficient (Wildman–Crippen LogP) is 3.19. The van der Waals surface area contributed by atoms with Crippen molar-refractivity contribution in [1.82, 2.24) is 10.2 Å². The highest BCUT2D eigenvalue weighted by Crippen LogP contribution is 2.29. The predicted molar refractivity (Wildman–Crippen MR) is 74.1 cm³/mol. The van der Waals surface area contributed by atoms with Gasteiger partial charge >= 0.3 is 0 Å². The van der Waals surface area contributed by atoms with Gasteiger partial charge in [0.1, 0.15) is 5.02 Å². The van der Waals surface area contributed by atoms with E-state index in [9.17, 15) is 4.79 Å². The minimum atomic E-state index is -0.343. The van der Waals surface area contributed by atoms with Crippen molar-refractivity contribution in [2.24, 2.45) is 5.92 Å². The highest BCUT2D eigenvalue weighted by molar-refractivity contribution is 6.32. The van der Waals surface area contributed by atoms with E-state index in [0.29, 0.717) is 11.7 Å². The van der Waals surface area contributed by atoms with E-state index in [1.807, 2.05) is 0 Å². The zero-order valence-corrected chi connectivity index (χ0v) is 11.5. The first-order valence-electron chi connectivity index (χ1n) is 6.66. The van der Waals surface area contributed by atoms with E-state index >= 15 is 0 Å². The molecule has 2 rings (SSSR count). The monoisotopic (exact) mass is 269 g/mol. The number of nitrogens with one attached hydrogen (secondary N) is 2. The molecule has 1 heterocycles. The van der Waals surface area contributed by atoms with Crippen LogP contribution < -0.4 is 10.9 Å². The minimum absolute atomic E-state index is 0.192. The van der Waals surface area contributed by atoms with Gasteiger partial charge in [-0.15, -0.1) is 0 Å². The number of halogens is 1. The smallest absolute Gasteiger partial charge is 0.285 e. The van der Waals surface area contributed by atoms with Crippen LogP contribution in [0, 0.1) is 5.92 Å². The Morgan fingerprint density at radius 1 is 1.56 bits per heavy atom. The molecule has 0 aromatic carbocycles. The van der Waals surface area contributed by atoms with Crippen molar-refractivity contribution >= 4 is 17.3 Å². The molecule has 1 aromatic heterocycles. The van der Waals surface area contributed by atoms with Crippen LogP contribution in [-0.4, -0.2) is 16.2 Å². The number of hydrogen-bond donors (Lipinski definition) is 2. The molecule has 0 bridgehead atoms. The van der Waals surface area contributed by atoms with Gasteiger partial charge in [0.2, 0.25) is 0 Å². The summed E-state index contributed by atoms with van der Waals surface area (Å²) in [4.78, 5) is 11.3. The van der Waals surface area contributed by atoms with E-state index in [1.54, 1.807) is 6.20 Å². The highest BCUT2D eigenvalue weighted by Gasteiger charge is 2.16. The Kier molecular flexibility index (Phi) is 4.64. The van der Waals surface area contributed by atoms with E-state index in [2.05, 4.69) is 22.4 Å². The molecule has 1 aliphatic carbocycles. The van der Waals surface area contributed by atoms with Crippen LogP contribution in [-0.2, 0) is 0 Å². The largest absolute Gasteiger partial charge is 0.380 e. The lowest BCUT2D eigenvalue weighted by molar-refractivity contribution is 0.467. The van der Waals surface area contributed by atoms with Crippen molar-refractivity contribution in [1.29, 1.82) is 0 Å². The van der Waals surface area contributed by atoms with Gasteiger partial charge in [-0.2, -0.15) is 5.10 Å². The fourth-order valence-electron chi connectivity index (χ4n) is 2.61. The summed E-state index contributed by atoms with van der Waals surface area (Å²) in [6, 6.07) is 0.312. The number of H-pyrrole nitrogens is 1. The van der Waals surface area contributed by atoms with Crippen molar-refractivity contribution in [2.45, 2.75) is 51.5 Å². The second-order valence-electron chi connectivity index (χ2n) is 5.20. The van der Waals surface area contributed by atoms with Crippen LogP contribution >= 0.6 is 11.6 Å². The van der Waals surface area contributed by atoms with Crippen LogP contribution in [0.1, 0.15) is 45.4 Å². The molecule has 0 radical (unpaired) electrons. The zero-order valence-electron chi connectivity index (χ0n) is 10.7. The van der Waals surface area contributed by atoms with E-state index in [4.69, 9.17) is 11.6 Å². The fourth-order valence-corrected chi connectivity index (χ4v) is 2.75. The summed E-state index contributed by atoms with van der Waals surface area (Å²) in [6.45, 7) is 2.12. The molecule has 0 spiro atoms. The third-order valence-electron chi connectivity index (χ3n) is 3.68. The van der Waals surface area contributed by atoms with Crippen molar-refractivity contribution in [2.75, 3.05) is 5.32 Å². The molecule has 1 aliphatic rings. The van der Waals surface area contributed by atoms with Crippen molar-refractivity contribution < 1.29 is 0 Å². The summed E-state index contributed by atoms with van der Waals surface area (Å²) in [5, 5.41) is 9.52. The third kappa shape index (κ3) is 3.48. The van der Waals surface area contributed by atoms with Gasteiger partial charge in [0.05, 0.1) is 11.9 Å². The molecule has 1 fully saturated rings. The molecule has 1 saturated carbocycles. The minimum Gasteiger partial charge on any atom is -0.380 e. The molecule has 1 atom stereocenters. The lowest BCUT2D eigenvalue weighted by Crippen LogP contribution is -2.19. The molecular weight excluding hydrogens is 250 g/mol. The maximum Gasteiger partial charge on any atom is 0.285 e. The highest BCUT2D eigenvalue weighted by atomic mass is 35.5. The SMILES string of the molecule is CC(CCC1CCCC1)Nc1cn[nH]c(=O)c1Cl. The van der Waals surface area contributed by atoms with Gasteiger partial charge in [-0.25, -0.2) is 5.10 Å². The normalized spacial score (nSPS) is 17.9. The average molecular weight is 270 g/mol. The molecule has 2 N–H and O–H groups in total. The van der Waals surface area contributed by atoms with Crippen LogP contribution in [0.5, 0.6) is 0 Å². The molecule has 1 unspecified atom stereocenters. The summed E-state index contributed by atoms with van der Waals surface area (Å²) < 4.78 is 0. The summed E-state index contributed by atoms with van der Waals surface area (Å²) in [5.74, 6) is 0.891. The second-order valence-corrected chi connectivity index (χ2v) is 5.58. The van der Waals surface area contributed by atoms with Gasteiger partial charge in [-0.3, -0.25) is 4.79 Å². The number of nitrogens with zero attached hydrogens (tertiary/aromatic N) is 1. The topological polar surface area (TPSA) is 57.8 Å². The Morgan fingerprint density at radius 2 is 2.28 bits per heavy atom. The van der Waals surface area contributed by atoms with Gasteiger partial charge in [-0.05, 0) is 25.7 Å². The number of rotatable bonds is 5. The quantitative estimate of drug-likeness (QED) is 0.863. The van der Waals surface area contributed by atoms with E-state index in [1.165, 1.54) is 32.1 Å². The Hall–Kier alpha value is -1.03. The van der Waals surface area contributed by atoms with Gasteiger partial charge in [-0.1, -0.05) is 37.3 Å². The second kappa shape index (κ2) is 6.23. The molecule has 100 valence electrons. The van der Waals surface area contributed by atoms with Crippen LogP contribution in [0.25, 0.3) is 0 Å². The van der Waals surface area contributed by atoms with Gasteiger partial charge in [0.15, 0.2) is 0 Å². The molecule has 0 amide bonds. The van der Waals surface area contributed by atoms with Crippen LogP contribution in [0.2, 0.25) is 5.02 Å². The first-order valence-corrected chi connectivity index (χ1v) is 7.04. The fraction of sp³-hybridized carbons (Fsp3) is 0.692. The molecule has 0 aliphatic heterocycles. The molecule has 18 heavy (non-hydrogen) atoms. The Bertz CT molecular complexity index is 440. The molecule has 5 heteroatoms. The summed E-state index contributed by atoms with van der Waals surface area (Å²) in [5.41, 5.74) is 0.281. The van der Waals surface area contributed by atoms with Crippen LogP contribution in [0.15, 0.2) is 11.0 Å². The standard InChI is InChI=1S/C13H20ClN3O/c1-9(6-7-10-4-2-3-5-10)16-11-8-15-17-13(18)12(11)14/h8-10H,2-7H2,1H3,(H2,16,17,18). The number of hydrogen-bond acceptors (Lipinski definition) is 3. The summed E-state index contributed by atoms with van der Waals surface area (Å²) in [7, 11) is 0. The van der Waals surface area contributed by atoms with Crippen LogP contribution in [0.3, 0.4) is 0 Å². The average Bonchev–Trinajstić information content (AvgIpc) is 2.86. The Labute approximate surface area is 112 Å². The van der Waals surface area contributed by atoms with E-state index in [-0.39, 0.29) is 10.6 Å². The lowest BCUT2D eigenvalue weighted by atomic mass is 9.99. The molecular formula is C13H20ClN3O. The summed E-state index contributed by atoms with van der Waals surface area (Å²) >= 11 is 5.92. The Balaban J connectivity index is 1.84. The number of aromatic nitrogens is 2. The lowest BCUT2D eigenvalue weighted by Gasteiger charge is -2.17. The van der Waals surface area contributed by atoms with Gasteiger partial charge in [0.25, 0.3) is 5.56 Å². The summed E-state index contributed by atoms with van der Waals surface area (Å²) in [6.07, 6.45) is 9.44. The zero-order chi connectivity index (χ0) is 13.0. The first-order chi connectivity index (χ1) is 8.66. The molecule has 0 saturated heterocycles. The first kappa shape index (κ1) is 13.4. The Morgan fingerprint density at radius 3 is 3.00 bits per heavy atom. The van der Waals surface area contributed by atoms with E-state index in [0.717, 1.165) is 12.3 Å².